The number of nitrogens with two attached hydrogens (primary N) is 1. The van der Waals surface area contributed by atoms with Crippen LogP contribution in [-0.2, 0) is 16.0 Å². The van der Waals surface area contributed by atoms with Crippen LogP contribution in [0.4, 0.5) is 8.78 Å². The highest BCUT2D eigenvalue weighted by atomic mass is 19.2. The highest BCUT2D eigenvalue weighted by Gasteiger charge is 2.17. The zero-order valence-electron chi connectivity index (χ0n) is 13.4. The first-order chi connectivity index (χ1) is 12.0. The van der Waals surface area contributed by atoms with Crippen molar-refractivity contribution in [2.75, 3.05) is 0 Å². The van der Waals surface area contributed by atoms with Gasteiger partial charge in [-0.1, -0.05) is 48.6 Å². The van der Waals surface area contributed by atoms with Crippen molar-refractivity contribution in [3.05, 3.63) is 77.4 Å². The number of hydrogen-bond donors (Lipinski definition) is 2. The van der Waals surface area contributed by atoms with Crippen LogP contribution in [-0.4, -0.2) is 17.9 Å². The van der Waals surface area contributed by atoms with Crippen molar-refractivity contribution in [2.24, 2.45) is 5.73 Å². The van der Waals surface area contributed by atoms with Crippen LogP contribution in [0.25, 0.3) is 6.08 Å². The van der Waals surface area contributed by atoms with Crippen molar-refractivity contribution in [1.29, 1.82) is 0 Å². The Morgan fingerprint density at radius 1 is 1.08 bits per heavy atom. The van der Waals surface area contributed by atoms with E-state index in [1.54, 1.807) is 6.08 Å². The molecule has 0 heterocycles. The number of rotatable bonds is 7. The van der Waals surface area contributed by atoms with E-state index >= 15 is 0 Å². The van der Waals surface area contributed by atoms with E-state index in [1.165, 1.54) is 6.07 Å². The molecule has 3 N–H and O–H groups in total. The Balaban J connectivity index is 1.93. The normalized spacial score (nSPS) is 12.1. The number of nitrogens with one attached hydrogen (secondary N) is 1. The van der Waals surface area contributed by atoms with E-state index in [9.17, 15) is 18.4 Å². The second-order valence-corrected chi connectivity index (χ2v) is 5.50. The molecule has 6 heteroatoms. The van der Waals surface area contributed by atoms with Gasteiger partial charge in [-0.25, -0.2) is 8.78 Å². The van der Waals surface area contributed by atoms with Gasteiger partial charge in [-0.3, -0.25) is 9.59 Å². The van der Waals surface area contributed by atoms with E-state index < -0.39 is 29.5 Å². The zero-order chi connectivity index (χ0) is 18.2. The van der Waals surface area contributed by atoms with Crippen LogP contribution in [0.3, 0.4) is 0 Å². The quantitative estimate of drug-likeness (QED) is 0.810. The molecule has 2 aromatic rings. The standard InChI is InChI=1S/C19H18F2N2O2/c20-15-10-9-14(11-16(15)21)12-18(24)23-17(19(22)25)8-4-7-13-5-2-1-3-6-13/h1-7,9-11,17H,8,12H2,(H2,22,25)(H,23,24)/b7-4+/t17-/m0/s1. The predicted molar refractivity (Wildman–Crippen MR) is 91.3 cm³/mol. The fourth-order valence-corrected chi connectivity index (χ4v) is 2.23. The molecule has 1 atom stereocenters. The summed E-state index contributed by atoms with van der Waals surface area (Å²) in [5.74, 6) is -3.17. The van der Waals surface area contributed by atoms with Crippen LogP contribution in [0.5, 0.6) is 0 Å². The Labute approximate surface area is 144 Å². The number of carbonyl (C=O) groups is 2. The summed E-state index contributed by atoms with van der Waals surface area (Å²) >= 11 is 0. The first-order valence-electron chi connectivity index (χ1n) is 7.70. The van der Waals surface area contributed by atoms with Gasteiger partial charge in [0.1, 0.15) is 6.04 Å². The minimum absolute atomic E-state index is 0.177. The van der Waals surface area contributed by atoms with Gasteiger partial charge in [0.25, 0.3) is 0 Å². The fourth-order valence-electron chi connectivity index (χ4n) is 2.23. The number of halogens is 2. The number of primary amides is 1. The summed E-state index contributed by atoms with van der Waals surface area (Å²) in [7, 11) is 0. The van der Waals surface area contributed by atoms with Gasteiger partial charge in [0.2, 0.25) is 11.8 Å². The second kappa shape index (κ2) is 8.73. The molecule has 4 nitrogen and oxygen atoms in total. The molecule has 130 valence electrons. The second-order valence-electron chi connectivity index (χ2n) is 5.50. The van der Waals surface area contributed by atoms with Crippen LogP contribution in [0.15, 0.2) is 54.6 Å². The van der Waals surface area contributed by atoms with Crippen molar-refractivity contribution in [2.45, 2.75) is 18.9 Å². The molecule has 0 aliphatic heterocycles. The lowest BCUT2D eigenvalue weighted by atomic mass is 10.1. The summed E-state index contributed by atoms with van der Waals surface area (Å²) < 4.78 is 26.0. The highest BCUT2D eigenvalue weighted by molar-refractivity contribution is 5.87. The van der Waals surface area contributed by atoms with Crippen molar-refractivity contribution in [3.8, 4) is 0 Å². The highest BCUT2D eigenvalue weighted by Crippen LogP contribution is 2.09. The molecule has 0 unspecified atom stereocenters. The minimum Gasteiger partial charge on any atom is -0.368 e. The lowest BCUT2D eigenvalue weighted by molar-refractivity contribution is -0.126. The first-order valence-corrected chi connectivity index (χ1v) is 7.70. The summed E-state index contributed by atoms with van der Waals surface area (Å²) in [6, 6.07) is 11.8. The van der Waals surface area contributed by atoms with Crippen LogP contribution >= 0.6 is 0 Å². The third kappa shape index (κ3) is 5.84. The van der Waals surface area contributed by atoms with Crippen LogP contribution in [0, 0.1) is 11.6 Å². The Hall–Kier alpha value is -3.02. The molecule has 0 bridgehead atoms. The van der Waals surface area contributed by atoms with Gasteiger partial charge >= 0.3 is 0 Å². The van der Waals surface area contributed by atoms with Crippen LogP contribution in [0.2, 0.25) is 0 Å². The van der Waals surface area contributed by atoms with Crippen molar-refractivity contribution in [3.63, 3.8) is 0 Å². The largest absolute Gasteiger partial charge is 0.368 e. The lowest BCUT2D eigenvalue weighted by Crippen LogP contribution is -2.44. The fraction of sp³-hybridized carbons (Fsp3) is 0.158. The van der Waals surface area contributed by atoms with Crippen LogP contribution in [0.1, 0.15) is 17.5 Å². The number of carbonyl (C=O) groups excluding carboxylic acids is 2. The smallest absolute Gasteiger partial charge is 0.240 e. The summed E-state index contributed by atoms with van der Waals surface area (Å²) in [5.41, 5.74) is 6.57. The number of hydrogen-bond acceptors (Lipinski definition) is 2. The molecule has 0 saturated carbocycles. The molecule has 2 amide bonds. The molecule has 0 fully saturated rings. The third-order valence-electron chi connectivity index (χ3n) is 3.51. The van der Waals surface area contributed by atoms with Gasteiger partial charge in [-0.2, -0.15) is 0 Å². The monoisotopic (exact) mass is 344 g/mol. The van der Waals surface area contributed by atoms with Gasteiger partial charge in [0.15, 0.2) is 11.6 Å². The summed E-state index contributed by atoms with van der Waals surface area (Å²) in [5, 5.41) is 2.50. The van der Waals surface area contributed by atoms with Gasteiger partial charge in [0.05, 0.1) is 6.42 Å². The molecule has 2 aromatic carbocycles. The minimum atomic E-state index is -1.03. The molecule has 0 spiro atoms. The summed E-state index contributed by atoms with van der Waals surface area (Å²) in [4.78, 5) is 23.5. The molecular formula is C19H18F2N2O2. The van der Waals surface area contributed by atoms with Gasteiger partial charge in [0, 0.05) is 0 Å². The third-order valence-corrected chi connectivity index (χ3v) is 3.51. The van der Waals surface area contributed by atoms with Gasteiger partial charge in [-0.05, 0) is 29.7 Å². The van der Waals surface area contributed by atoms with Gasteiger partial charge in [-0.15, -0.1) is 0 Å². The van der Waals surface area contributed by atoms with E-state index in [2.05, 4.69) is 5.32 Å². The van der Waals surface area contributed by atoms with E-state index in [0.717, 1.165) is 17.7 Å². The first kappa shape index (κ1) is 18.3. The molecule has 2 rings (SSSR count). The van der Waals surface area contributed by atoms with Crippen molar-refractivity contribution < 1.29 is 18.4 Å². The Bertz CT molecular complexity index is 776. The summed E-state index contributed by atoms with van der Waals surface area (Å²) in [6.07, 6.45) is 3.61. The van der Waals surface area contributed by atoms with Crippen molar-refractivity contribution >= 4 is 17.9 Å². The maximum Gasteiger partial charge on any atom is 0.240 e. The maximum absolute atomic E-state index is 13.2. The Morgan fingerprint density at radius 2 is 1.80 bits per heavy atom. The van der Waals surface area contributed by atoms with Gasteiger partial charge < -0.3 is 11.1 Å². The molecular weight excluding hydrogens is 326 g/mol. The number of amides is 2. The zero-order valence-corrected chi connectivity index (χ0v) is 13.4. The molecule has 0 saturated heterocycles. The molecule has 0 radical (unpaired) electrons. The van der Waals surface area contributed by atoms with E-state index in [1.807, 2.05) is 36.4 Å². The van der Waals surface area contributed by atoms with E-state index in [0.29, 0.717) is 5.56 Å². The lowest BCUT2D eigenvalue weighted by Gasteiger charge is -2.13. The van der Waals surface area contributed by atoms with Crippen LogP contribution < -0.4 is 11.1 Å². The SMILES string of the molecule is NC(=O)[C@H](C/C=C/c1ccccc1)NC(=O)Cc1ccc(F)c(F)c1. The molecule has 0 aliphatic rings. The average molecular weight is 344 g/mol. The average Bonchev–Trinajstić information content (AvgIpc) is 2.58. The van der Waals surface area contributed by atoms with Crippen molar-refractivity contribution in [1.82, 2.24) is 5.32 Å². The summed E-state index contributed by atoms with van der Waals surface area (Å²) in [6.45, 7) is 0. The van der Waals surface area contributed by atoms with E-state index in [-0.39, 0.29) is 12.8 Å². The molecule has 0 aromatic heterocycles. The Morgan fingerprint density at radius 3 is 2.44 bits per heavy atom. The Kier molecular flexibility index (Phi) is 6.39. The molecule has 25 heavy (non-hydrogen) atoms. The van der Waals surface area contributed by atoms with E-state index in [4.69, 9.17) is 5.73 Å². The number of benzene rings is 2. The topological polar surface area (TPSA) is 72.2 Å². The maximum atomic E-state index is 13.2. The predicted octanol–water partition coefficient (Wildman–Crippen LogP) is 2.58. The molecule has 0 aliphatic carbocycles.